The number of aromatic nitrogens is 1. The highest BCUT2D eigenvalue weighted by Gasteiger charge is 2.08. The number of halogens is 1. The van der Waals surface area contributed by atoms with Gasteiger partial charge in [-0.25, -0.2) is 0 Å². The Labute approximate surface area is 161 Å². The first-order chi connectivity index (χ1) is 11.0. The number of aliphatic imine (C=N–C) groups is 1. The van der Waals surface area contributed by atoms with Crippen LogP contribution in [0.3, 0.4) is 0 Å². The molecular formula is C18H27IN4O. The maximum absolute atomic E-state index is 5.30. The summed E-state index contributed by atoms with van der Waals surface area (Å²) in [7, 11) is 7.60. The van der Waals surface area contributed by atoms with Crippen LogP contribution in [0.2, 0.25) is 0 Å². The molecule has 0 spiro atoms. The summed E-state index contributed by atoms with van der Waals surface area (Å²) in [4.78, 5) is 6.48. The summed E-state index contributed by atoms with van der Waals surface area (Å²) >= 11 is 0. The van der Waals surface area contributed by atoms with Crippen molar-refractivity contribution in [2.24, 2.45) is 12.0 Å². The summed E-state index contributed by atoms with van der Waals surface area (Å²) in [5.74, 6) is 1.79. The van der Waals surface area contributed by atoms with E-state index in [1.807, 2.05) is 20.2 Å². The molecule has 0 saturated heterocycles. The Kier molecular flexibility index (Phi) is 8.10. The van der Waals surface area contributed by atoms with E-state index in [9.17, 15) is 0 Å². The Morgan fingerprint density at radius 2 is 2.08 bits per heavy atom. The number of benzene rings is 1. The third kappa shape index (κ3) is 5.15. The van der Waals surface area contributed by atoms with Gasteiger partial charge in [0.25, 0.3) is 0 Å². The number of nitrogens with one attached hydrogen (secondary N) is 1. The first-order valence-corrected chi connectivity index (χ1v) is 7.70. The van der Waals surface area contributed by atoms with Gasteiger partial charge in [-0.1, -0.05) is 12.1 Å². The summed E-state index contributed by atoms with van der Waals surface area (Å²) in [6.45, 7) is 3.60. The van der Waals surface area contributed by atoms with Crippen LogP contribution >= 0.6 is 24.0 Å². The maximum atomic E-state index is 5.30. The van der Waals surface area contributed by atoms with Crippen LogP contribution in [0.15, 0.2) is 41.5 Å². The van der Waals surface area contributed by atoms with Gasteiger partial charge in [0.05, 0.1) is 13.7 Å². The molecule has 0 aliphatic heterocycles. The third-order valence-electron chi connectivity index (χ3n) is 3.93. The lowest BCUT2D eigenvalue weighted by molar-refractivity contribution is 0.411. The predicted octanol–water partition coefficient (Wildman–Crippen LogP) is 3.17. The minimum atomic E-state index is 0. The zero-order chi connectivity index (χ0) is 16.8. The van der Waals surface area contributed by atoms with Crippen LogP contribution in [0.5, 0.6) is 5.75 Å². The molecule has 0 bridgehead atoms. The average Bonchev–Trinajstić information content (AvgIpc) is 2.93. The Morgan fingerprint density at radius 1 is 1.33 bits per heavy atom. The lowest BCUT2D eigenvalue weighted by Gasteiger charge is -2.22. The normalized spacial score (nSPS) is 11.0. The van der Waals surface area contributed by atoms with Crippen LogP contribution in [-0.4, -0.2) is 36.6 Å². The van der Waals surface area contributed by atoms with E-state index in [4.69, 9.17) is 4.74 Å². The number of methoxy groups -OCH3 is 1. The van der Waals surface area contributed by atoms with E-state index < -0.39 is 0 Å². The molecule has 1 aromatic carbocycles. The molecule has 0 radical (unpaired) electrons. The van der Waals surface area contributed by atoms with Crippen molar-refractivity contribution < 1.29 is 4.74 Å². The number of hydrogen-bond donors (Lipinski definition) is 1. The molecule has 0 fully saturated rings. The highest BCUT2D eigenvalue weighted by atomic mass is 127. The monoisotopic (exact) mass is 442 g/mol. The molecule has 1 aromatic heterocycles. The van der Waals surface area contributed by atoms with Gasteiger partial charge < -0.3 is 19.5 Å². The maximum Gasteiger partial charge on any atom is 0.194 e. The zero-order valence-corrected chi connectivity index (χ0v) is 17.4. The van der Waals surface area contributed by atoms with Crippen molar-refractivity contribution in [2.45, 2.75) is 20.0 Å². The van der Waals surface area contributed by atoms with Gasteiger partial charge in [-0.05, 0) is 36.2 Å². The topological polar surface area (TPSA) is 41.8 Å². The van der Waals surface area contributed by atoms with Crippen molar-refractivity contribution >= 4 is 29.9 Å². The lowest BCUT2D eigenvalue weighted by atomic mass is 10.1. The summed E-state index contributed by atoms with van der Waals surface area (Å²) in [5.41, 5.74) is 3.59. The van der Waals surface area contributed by atoms with E-state index in [1.54, 1.807) is 7.11 Å². The van der Waals surface area contributed by atoms with E-state index in [-0.39, 0.29) is 24.0 Å². The van der Waals surface area contributed by atoms with E-state index in [0.29, 0.717) is 0 Å². The molecule has 0 saturated carbocycles. The van der Waals surface area contributed by atoms with E-state index in [0.717, 1.165) is 30.4 Å². The van der Waals surface area contributed by atoms with Gasteiger partial charge in [-0.2, -0.15) is 0 Å². The quantitative estimate of drug-likeness (QED) is 0.440. The molecular weight excluding hydrogens is 415 g/mol. The first kappa shape index (κ1) is 20.3. The second-order valence-corrected chi connectivity index (χ2v) is 5.67. The van der Waals surface area contributed by atoms with Crippen molar-refractivity contribution in [1.29, 1.82) is 0 Å². The highest BCUT2D eigenvalue weighted by molar-refractivity contribution is 14.0. The number of ether oxygens (including phenoxy) is 1. The largest absolute Gasteiger partial charge is 0.496 e. The Bertz CT molecular complexity index is 681. The van der Waals surface area contributed by atoms with Gasteiger partial charge >= 0.3 is 0 Å². The van der Waals surface area contributed by atoms with Crippen molar-refractivity contribution in [2.75, 3.05) is 21.2 Å². The molecule has 0 aliphatic rings. The fraction of sp³-hybridized carbons (Fsp3) is 0.389. The first-order valence-electron chi connectivity index (χ1n) is 7.70. The predicted molar refractivity (Wildman–Crippen MR) is 110 cm³/mol. The number of rotatable bonds is 5. The number of aryl methyl sites for hydroxylation is 2. The molecule has 0 aliphatic carbocycles. The SMILES string of the molecule is CN=C(NCc1ccc(OC)c(C)c1)N(C)Cc1cccn1C.I. The van der Waals surface area contributed by atoms with Crippen LogP contribution in [0.4, 0.5) is 0 Å². The van der Waals surface area contributed by atoms with Crippen molar-refractivity contribution in [1.82, 2.24) is 14.8 Å². The Morgan fingerprint density at radius 3 is 2.62 bits per heavy atom. The summed E-state index contributed by atoms with van der Waals surface area (Å²) in [6, 6.07) is 10.4. The van der Waals surface area contributed by atoms with E-state index >= 15 is 0 Å². The lowest BCUT2D eigenvalue weighted by Crippen LogP contribution is -2.38. The molecule has 24 heavy (non-hydrogen) atoms. The van der Waals surface area contributed by atoms with E-state index in [2.05, 4.69) is 64.2 Å². The second-order valence-electron chi connectivity index (χ2n) is 5.67. The fourth-order valence-electron chi connectivity index (χ4n) is 2.59. The summed E-state index contributed by atoms with van der Waals surface area (Å²) < 4.78 is 7.42. The smallest absolute Gasteiger partial charge is 0.194 e. The summed E-state index contributed by atoms with van der Waals surface area (Å²) in [6.07, 6.45) is 2.06. The van der Waals surface area contributed by atoms with Crippen LogP contribution in [-0.2, 0) is 20.1 Å². The van der Waals surface area contributed by atoms with Crippen LogP contribution < -0.4 is 10.1 Å². The molecule has 0 atom stereocenters. The molecule has 1 N–H and O–H groups in total. The van der Waals surface area contributed by atoms with Gasteiger partial charge in [0.2, 0.25) is 0 Å². The molecule has 6 heteroatoms. The Hall–Kier alpha value is -1.70. The third-order valence-corrected chi connectivity index (χ3v) is 3.93. The van der Waals surface area contributed by atoms with Crippen molar-refractivity contribution in [3.63, 3.8) is 0 Å². The van der Waals surface area contributed by atoms with E-state index in [1.165, 1.54) is 11.3 Å². The molecule has 2 aromatic rings. The Balaban J connectivity index is 0.00000288. The van der Waals surface area contributed by atoms with Crippen LogP contribution in [0.25, 0.3) is 0 Å². The molecule has 1 heterocycles. The van der Waals surface area contributed by atoms with Gasteiger partial charge in [0.1, 0.15) is 5.75 Å². The van der Waals surface area contributed by atoms with Gasteiger partial charge in [0.15, 0.2) is 5.96 Å². The molecule has 0 unspecified atom stereocenters. The van der Waals surface area contributed by atoms with Gasteiger partial charge in [0, 0.05) is 39.6 Å². The van der Waals surface area contributed by atoms with Crippen LogP contribution in [0.1, 0.15) is 16.8 Å². The molecule has 2 rings (SSSR count). The minimum Gasteiger partial charge on any atom is -0.496 e. The molecule has 5 nitrogen and oxygen atoms in total. The van der Waals surface area contributed by atoms with Crippen molar-refractivity contribution in [3.05, 3.63) is 53.3 Å². The molecule has 132 valence electrons. The average molecular weight is 442 g/mol. The second kappa shape index (κ2) is 9.56. The number of nitrogens with zero attached hydrogens (tertiary/aromatic N) is 3. The van der Waals surface area contributed by atoms with Crippen molar-refractivity contribution in [3.8, 4) is 5.75 Å². The van der Waals surface area contributed by atoms with Gasteiger partial charge in [-0.3, -0.25) is 4.99 Å². The fourth-order valence-corrected chi connectivity index (χ4v) is 2.59. The summed E-state index contributed by atoms with van der Waals surface area (Å²) in [5, 5.41) is 3.41. The zero-order valence-electron chi connectivity index (χ0n) is 15.0. The number of hydrogen-bond acceptors (Lipinski definition) is 2. The number of guanidine groups is 1. The van der Waals surface area contributed by atoms with Gasteiger partial charge in [-0.15, -0.1) is 24.0 Å². The minimum absolute atomic E-state index is 0. The standard InChI is InChI=1S/C18H26N4O.HI/c1-14-11-15(8-9-17(14)23-5)12-20-18(19-2)22(4)13-16-7-6-10-21(16)3;/h6-11H,12-13H2,1-5H3,(H,19,20);1H. The molecule has 0 amide bonds. The van der Waals surface area contributed by atoms with Crippen LogP contribution in [0, 0.1) is 6.92 Å². The highest BCUT2D eigenvalue weighted by Crippen LogP contribution is 2.18.